The summed E-state index contributed by atoms with van der Waals surface area (Å²) in [6.45, 7) is 0. The van der Waals surface area contributed by atoms with Crippen LogP contribution in [0, 0.1) is 11.3 Å². The Labute approximate surface area is 110 Å². The lowest BCUT2D eigenvalue weighted by Gasteiger charge is -2.01. The van der Waals surface area contributed by atoms with Crippen LogP contribution in [0.3, 0.4) is 0 Å². The quantitative estimate of drug-likeness (QED) is 0.908. The molecule has 0 fully saturated rings. The van der Waals surface area contributed by atoms with Crippen molar-refractivity contribution in [1.82, 2.24) is 4.98 Å². The molecule has 1 N–H and O–H groups in total. The van der Waals surface area contributed by atoms with E-state index in [-0.39, 0.29) is 22.3 Å². The number of nitrogens with zero attached hydrogens (tertiary/aromatic N) is 2. The summed E-state index contributed by atoms with van der Waals surface area (Å²) in [5.41, 5.74) is 0.720. The van der Waals surface area contributed by atoms with Crippen molar-refractivity contribution in [3.05, 3.63) is 47.5 Å². The molecule has 1 unspecified atom stereocenters. The molecular formula is C12H8N2O4S. The Morgan fingerprint density at radius 1 is 1.47 bits per heavy atom. The van der Waals surface area contributed by atoms with Gasteiger partial charge >= 0.3 is 5.97 Å². The van der Waals surface area contributed by atoms with Gasteiger partial charge in [0.2, 0.25) is 5.76 Å². The Morgan fingerprint density at radius 2 is 2.26 bits per heavy atom. The van der Waals surface area contributed by atoms with Crippen molar-refractivity contribution in [3.63, 3.8) is 0 Å². The fraction of sp³-hybridized carbons (Fsp3) is 0.0833. The van der Waals surface area contributed by atoms with E-state index in [4.69, 9.17) is 14.8 Å². The van der Waals surface area contributed by atoms with E-state index in [1.54, 1.807) is 12.1 Å². The van der Waals surface area contributed by atoms with Crippen LogP contribution in [0.1, 0.15) is 21.8 Å². The smallest absolute Gasteiger partial charge is 0.371 e. The first-order chi connectivity index (χ1) is 9.11. The van der Waals surface area contributed by atoms with Crippen molar-refractivity contribution >= 4 is 16.8 Å². The maximum absolute atomic E-state index is 12.0. The lowest BCUT2D eigenvalue weighted by atomic mass is 10.2. The van der Waals surface area contributed by atoms with Gasteiger partial charge in [-0.05, 0) is 18.2 Å². The lowest BCUT2D eigenvalue weighted by Crippen LogP contribution is -1.99. The molecule has 96 valence electrons. The summed E-state index contributed by atoms with van der Waals surface area (Å²) in [7, 11) is -1.56. The van der Waals surface area contributed by atoms with Crippen LogP contribution < -0.4 is 0 Å². The highest BCUT2D eigenvalue weighted by Gasteiger charge is 2.15. The van der Waals surface area contributed by atoms with Crippen molar-refractivity contribution in [1.29, 1.82) is 5.26 Å². The number of furan rings is 1. The van der Waals surface area contributed by atoms with Crippen molar-refractivity contribution < 1.29 is 18.5 Å². The van der Waals surface area contributed by atoms with E-state index < -0.39 is 16.8 Å². The minimum Gasteiger partial charge on any atom is -0.475 e. The van der Waals surface area contributed by atoms with Crippen LogP contribution in [0.2, 0.25) is 0 Å². The minimum absolute atomic E-state index is 0.0449. The zero-order valence-electron chi connectivity index (χ0n) is 9.57. The summed E-state index contributed by atoms with van der Waals surface area (Å²) in [5.74, 6) is -1.44. The topological polar surface area (TPSA) is 104 Å². The van der Waals surface area contributed by atoms with Crippen molar-refractivity contribution in [2.45, 2.75) is 10.8 Å². The standard InChI is InChI=1S/C12H8N2O4S/c13-6-9-8(2-1-5-14-9)7-19(17)11-4-3-10(18-11)12(15)16/h1-5H,7H2,(H,15,16). The van der Waals surface area contributed by atoms with E-state index in [1.165, 1.54) is 18.3 Å². The number of aromatic carboxylic acids is 1. The van der Waals surface area contributed by atoms with Gasteiger partial charge in [-0.25, -0.2) is 9.78 Å². The summed E-state index contributed by atoms with van der Waals surface area (Å²) >= 11 is 0. The molecule has 1 atom stereocenters. The second kappa shape index (κ2) is 5.46. The Morgan fingerprint density at radius 3 is 2.89 bits per heavy atom. The van der Waals surface area contributed by atoms with Gasteiger partial charge in [0.05, 0.1) is 16.6 Å². The molecule has 0 aromatic carbocycles. The van der Waals surface area contributed by atoms with Crippen LogP contribution in [-0.2, 0) is 16.6 Å². The zero-order valence-corrected chi connectivity index (χ0v) is 10.4. The molecule has 0 radical (unpaired) electrons. The van der Waals surface area contributed by atoms with E-state index in [0.29, 0.717) is 5.56 Å². The Balaban J connectivity index is 2.21. The molecule has 0 saturated carbocycles. The van der Waals surface area contributed by atoms with Crippen LogP contribution in [0.15, 0.2) is 40.0 Å². The van der Waals surface area contributed by atoms with Crippen LogP contribution >= 0.6 is 0 Å². The predicted octanol–water partition coefficient (Wildman–Crippen LogP) is 1.55. The number of pyridine rings is 1. The highest BCUT2D eigenvalue weighted by molar-refractivity contribution is 7.84. The van der Waals surface area contributed by atoms with Gasteiger partial charge in [0.1, 0.15) is 11.8 Å². The molecule has 0 aliphatic heterocycles. The van der Waals surface area contributed by atoms with Gasteiger partial charge in [0.25, 0.3) is 0 Å². The molecule has 19 heavy (non-hydrogen) atoms. The van der Waals surface area contributed by atoms with Crippen molar-refractivity contribution in [2.75, 3.05) is 0 Å². The summed E-state index contributed by atoms with van der Waals surface area (Å²) in [4.78, 5) is 14.5. The predicted molar refractivity (Wildman–Crippen MR) is 64.7 cm³/mol. The third kappa shape index (κ3) is 2.86. The third-order valence-electron chi connectivity index (χ3n) is 2.30. The number of carboxylic acid groups (broad SMARTS) is 1. The Bertz CT molecular complexity index is 687. The number of nitriles is 1. The highest BCUT2D eigenvalue weighted by Crippen LogP contribution is 2.17. The monoisotopic (exact) mass is 276 g/mol. The van der Waals surface area contributed by atoms with Crippen LogP contribution in [0.25, 0.3) is 0 Å². The molecule has 0 aliphatic rings. The fourth-order valence-corrected chi connectivity index (χ4v) is 2.49. The van der Waals surface area contributed by atoms with Gasteiger partial charge in [0.15, 0.2) is 5.09 Å². The number of carboxylic acids is 1. The van der Waals surface area contributed by atoms with E-state index >= 15 is 0 Å². The molecule has 2 aromatic rings. The molecular weight excluding hydrogens is 268 g/mol. The van der Waals surface area contributed by atoms with Gasteiger partial charge in [-0.3, -0.25) is 4.21 Å². The molecule has 2 rings (SSSR count). The number of rotatable bonds is 4. The fourth-order valence-electron chi connectivity index (χ4n) is 1.43. The van der Waals surface area contributed by atoms with Gasteiger partial charge in [-0.2, -0.15) is 5.26 Å². The van der Waals surface area contributed by atoms with Gasteiger partial charge in [-0.1, -0.05) is 6.07 Å². The van der Waals surface area contributed by atoms with E-state index in [1.807, 2.05) is 6.07 Å². The average molecular weight is 276 g/mol. The molecule has 0 spiro atoms. The second-order valence-electron chi connectivity index (χ2n) is 3.54. The summed E-state index contributed by atoms with van der Waals surface area (Å²) in [6, 6.07) is 7.78. The Hall–Kier alpha value is -2.46. The number of hydrogen-bond acceptors (Lipinski definition) is 5. The Kier molecular flexibility index (Phi) is 3.73. The maximum atomic E-state index is 12.0. The first-order valence-corrected chi connectivity index (χ1v) is 6.49. The highest BCUT2D eigenvalue weighted by atomic mass is 32.2. The third-order valence-corrected chi connectivity index (χ3v) is 3.54. The largest absolute Gasteiger partial charge is 0.475 e. The zero-order chi connectivity index (χ0) is 13.8. The first-order valence-electron chi connectivity index (χ1n) is 5.17. The number of carbonyl (C=O) groups is 1. The lowest BCUT2D eigenvalue weighted by molar-refractivity contribution is 0.0656. The SMILES string of the molecule is N#Cc1ncccc1CS(=O)c1ccc(C(=O)O)o1. The molecule has 2 heterocycles. The molecule has 7 heteroatoms. The number of aromatic nitrogens is 1. The van der Waals surface area contributed by atoms with Gasteiger partial charge in [0, 0.05) is 11.8 Å². The van der Waals surface area contributed by atoms with Gasteiger partial charge < -0.3 is 9.52 Å². The minimum atomic E-state index is -1.56. The average Bonchev–Trinajstić information content (AvgIpc) is 2.89. The van der Waals surface area contributed by atoms with Crippen molar-refractivity contribution in [2.24, 2.45) is 0 Å². The van der Waals surface area contributed by atoms with Crippen LogP contribution in [0.4, 0.5) is 0 Å². The van der Waals surface area contributed by atoms with E-state index in [9.17, 15) is 9.00 Å². The van der Waals surface area contributed by atoms with Crippen LogP contribution in [0.5, 0.6) is 0 Å². The molecule has 0 amide bonds. The molecule has 2 aromatic heterocycles. The molecule has 6 nitrogen and oxygen atoms in total. The van der Waals surface area contributed by atoms with E-state index in [0.717, 1.165) is 0 Å². The normalized spacial score (nSPS) is 11.7. The van der Waals surface area contributed by atoms with E-state index in [2.05, 4.69) is 4.98 Å². The molecule has 0 saturated heterocycles. The van der Waals surface area contributed by atoms with Crippen molar-refractivity contribution in [3.8, 4) is 6.07 Å². The van der Waals surface area contributed by atoms with Crippen LogP contribution in [-0.4, -0.2) is 20.3 Å². The second-order valence-corrected chi connectivity index (χ2v) is 4.92. The summed E-state index contributed by atoms with van der Waals surface area (Å²) in [6.07, 6.45) is 1.47. The summed E-state index contributed by atoms with van der Waals surface area (Å²) in [5, 5.41) is 17.6. The number of hydrogen-bond donors (Lipinski definition) is 1. The van der Waals surface area contributed by atoms with Gasteiger partial charge in [-0.15, -0.1) is 0 Å². The summed E-state index contributed by atoms with van der Waals surface area (Å²) < 4.78 is 17.0. The molecule has 0 aliphatic carbocycles. The maximum Gasteiger partial charge on any atom is 0.371 e. The first kappa shape index (κ1) is 13.0. The molecule has 0 bridgehead atoms.